The average molecular weight is 896 g/mol. The molecule has 0 saturated carbocycles. The van der Waals surface area contributed by atoms with E-state index in [1.807, 2.05) is 109 Å². The number of unbranched alkanes of at least 4 members (excludes halogenated alkanes) is 2. The fraction of sp³-hybridized carbons (Fsp3) is 0.283. The Morgan fingerprint density at radius 3 is 1.83 bits per heavy atom. The van der Waals surface area contributed by atoms with Gasteiger partial charge in [0.2, 0.25) is 5.91 Å². The van der Waals surface area contributed by atoms with Crippen molar-refractivity contribution in [3.05, 3.63) is 173 Å². The van der Waals surface area contributed by atoms with Crippen LogP contribution in [0.2, 0.25) is 0 Å². The molecule has 6 rings (SSSR count). The fourth-order valence-corrected chi connectivity index (χ4v) is 8.12. The largest absolute Gasteiger partial charge is 0.460 e. The van der Waals surface area contributed by atoms with Crippen LogP contribution in [0.5, 0.6) is 0 Å². The van der Waals surface area contributed by atoms with Crippen molar-refractivity contribution < 1.29 is 46.2 Å². The van der Waals surface area contributed by atoms with Crippen LogP contribution in [0.1, 0.15) is 91.0 Å². The highest BCUT2D eigenvalue weighted by atomic mass is 32.2. The van der Waals surface area contributed by atoms with Gasteiger partial charge in [0.15, 0.2) is 5.92 Å². The van der Waals surface area contributed by atoms with Crippen molar-refractivity contribution in [3.63, 3.8) is 0 Å². The van der Waals surface area contributed by atoms with E-state index < -0.39 is 57.5 Å². The number of carbonyl (C=O) groups excluding carboxylic acids is 4. The molecule has 10 nitrogen and oxygen atoms in total. The summed E-state index contributed by atoms with van der Waals surface area (Å²) in [4.78, 5) is 54.4. The molecule has 0 N–H and O–H groups in total. The van der Waals surface area contributed by atoms with Gasteiger partial charge in [0.1, 0.15) is 35.0 Å². The van der Waals surface area contributed by atoms with Crippen LogP contribution in [0, 0.1) is 41.3 Å². The monoisotopic (exact) mass is 895 g/mol. The molecule has 3 atom stereocenters. The van der Waals surface area contributed by atoms with Crippen molar-refractivity contribution in [2.45, 2.75) is 70.8 Å². The molecule has 0 unspecified atom stereocenters. The first kappa shape index (κ1) is 47.5. The number of benzene rings is 5. The third kappa shape index (κ3) is 14.2. The van der Waals surface area contributed by atoms with Crippen LogP contribution in [0.25, 0.3) is 0 Å². The van der Waals surface area contributed by atoms with Crippen molar-refractivity contribution in [2.24, 2.45) is 11.8 Å². The van der Waals surface area contributed by atoms with Crippen molar-refractivity contribution in [1.29, 1.82) is 0 Å². The molecule has 1 heterocycles. The quantitative estimate of drug-likeness (QED) is 0.0211. The predicted molar refractivity (Wildman–Crippen MR) is 245 cm³/mol. The molecule has 1 aliphatic heterocycles. The summed E-state index contributed by atoms with van der Waals surface area (Å²) < 4.78 is 53.3. The molecule has 0 radical (unpaired) electrons. The van der Waals surface area contributed by atoms with E-state index >= 15 is 0 Å². The zero-order valence-electron chi connectivity index (χ0n) is 36.3. The van der Waals surface area contributed by atoms with E-state index in [1.54, 1.807) is 17.0 Å². The number of amides is 1. The van der Waals surface area contributed by atoms with Gasteiger partial charge in [-0.15, -0.1) is 0 Å². The minimum atomic E-state index is -3.01. The Hall–Kier alpha value is -7.02. The van der Waals surface area contributed by atoms with Crippen molar-refractivity contribution in [3.8, 4) is 23.7 Å². The molecule has 1 aliphatic rings. The molecule has 5 aromatic carbocycles. The summed E-state index contributed by atoms with van der Waals surface area (Å²) in [5.74, 6) is 8.09. The summed E-state index contributed by atoms with van der Waals surface area (Å²) in [7, 11) is -3.01. The summed E-state index contributed by atoms with van der Waals surface area (Å²) in [5, 5.41) is 0. The second-order valence-electron chi connectivity index (χ2n) is 15.8. The van der Waals surface area contributed by atoms with E-state index in [0.717, 1.165) is 22.3 Å². The number of nitrogens with zero attached hydrogens (tertiary/aromatic N) is 1. The first-order valence-electron chi connectivity index (χ1n) is 21.4. The van der Waals surface area contributed by atoms with E-state index in [2.05, 4.69) is 23.7 Å². The van der Waals surface area contributed by atoms with Crippen molar-refractivity contribution in [1.82, 2.24) is 0 Å². The fourth-order valence-electron chi connectivity index (χ4n) is 7.39. The topological polar surface area (TPSA) is 133 Å². The number of rotatable bonds is 18. The molecular weight excluding hydrogens is 846 g/mol. The number of anilines is 1. The molecule has 5 aromatic rings. The third-order valence-electron chi connectivity index (χ3n) is 10.8. The standard InChI is InChI=1S/C53H50FNO9S/c1-38(56)64-49(43-27-29-45(54)30-28-43)34-33-47-50(55(51(47)57)46-31-23-39(24-32-46)14-7-3-4-12-35-65(2,60)61)44-25-21-40(22-26-44)19-13-20-48(52(58)62-36-41-15-8-5-9-16-41)53(59)63-37-42-17-10-6-11-18-42/h5-6,8-11,15-18,21-32,47-50H,3-4,12,20,33-37H2,1-2H3/t47-,49+,50-/m1/s1. The minimum absolute atomic E-state index is 0.00985. The molecule has 0 aliphatic carbocycles. The highest BCUT2D eigenvalue weighted by Crippen LogP contribution is 2.46. The Morgan fingerprint density at radius 1 is 0.723 bits per heavy atom. The normalized spacial score (nSPS) is 14.8. The lowest BCUT2D eigenvalue weighted by Crippen LogP contribution is -2.55. The van der Waals surface area contributed by atoms with Crippen LogP contribution >= 0.6 is 0 Å². The Kier molecular flexibility index (Phi) is 16.8. The third-order valence-corrected chi connectivity index (χ3v) is 11.8. The van der Waals surface area contributed by atoms with Gasteiger partial charge in [-0.05, 0) is 96.5 Å². The molecule has 65 heavy (non-hydrogen) atoms. The van der Waals surface area contributed by atoms with Gasteiger partial charge in [-0.1, -0.05) is 109 Å². The second kappa shape index (κ2) is 23.1. The molecule has 1 amide bonds. The first-order chi connectivity index (χ1) is 31.3. The van der Waals surface area contributed by atoms with E-state index in [4.69, 9.17) is 14.2 Å². The number of ether oxygens (including phenoxy) is 3. The lowest BCUT2D eigenvalue weighted by Gasteiger charge is -2.48. The van der Waals surface area contributed by atoms with Crippen LogP contribution in [-0.4, -0.2) is 44.2 Å². The summed E-state index contributed by atoms with van der Waals surface area (Å²) in [6.07, 6.45) is 2.84. The van der Waals surface area contributed by atoms with E-state index in [0.29, 0.717) is 48.9 Å². The highest BCUT2D eigenvalue weighted by molar-refractivity contribution is 7.90. The number of carbonyl (C=O) groups is 4. The maximum Gasteiger partial charge on any atom is 0.321 e. The van der Waals surface area contributed by atoms with Crippen LogP contribution in [0.3, 0.4) is 0 Å². The Labute approximate surface area is 380 Å². The van der Waals surface area contributed by atoms with Gasteiger partial charge >= 0.3 is 17.9 Å². The van der Waals surface area contributed by atoms with Gasteiger partial charge in [0.25, 0.3) is 0 Å². The molecule has 0 spiro atoms. The van der Waals surface area contributed by atoms with E-state index in [-0.39, 0.29) is 31.3 Å². The second-order valence-corrected chi connectivity index (χ2v) is 18.0. The van der Waals surface area contributed by atoms with Gasteiger partial charge in [0.05, 0.1) is 12.0 Å². The summed E-state index contributed by atoms with van der Waals surface area (Å²) in [5.41, 5.74) is 5.02. The zero-order chi connectivity index (χ0) is 46.2. The van der Waals surface area contributed by atoms with Gasteiger partial charge in [-0.2, -0.15) is 0 Å². The predicted octanol–water partition coefficient (Wildman–Crippen LogP) is 9.03. The molecule has 1 saturated heterocycles. The smallest absolute Gasteiger partial charge is 0.321 e. The number of esters is 3. The Balaban J connectivity index is 1.19. The van der Waals surface area contributed by atoms with E-state index in [1.165, 1.54) is 25.3 Å². The average Bonchev–Trinajstić information content (AvgIpc) is 3.30. The molecule has 1 fully saturated rings. The molecule has 0 aromatic heterocycles. The number of halogens is 1. The maximum absolute atomic E-state index is 14.0. The molecule has 334 valence electrons. The summed E-state index contributed by atoms with van der Waals surface area (Å²) in [6.45, 7) is 1.29. The SMILES string of the molecule is CC(=O)O[C@@H](CC[C@H]1C(=O)N(c2ccc(C#CCCCCS(C)(=O)=O)cc2)[C@@H]1c1ccc(C#CCC(C(=O)OCc2ccccc2)C(=O)OCc2ccccc2)cc1)c1ccc(F)cc1. The number of β-lactam (4-membered cyclic amide) rings is 1. The summed E-state index contributed by atoms with van der Waals surface area (Å²) in [6, 6.07) is 38.4. The maximum atomic E-state index is 14.0. The van der Waals surface area contributed by atoms with Crippen LogP contribution in [-0.2, 0) is 56.4 Å². The lowest BCUT2D eigenvalue weighted by molar-refractivity contribution is -0.163. The number of hydrogen-bond acceptors (Lipinski definition) is 9. The van der Waals surface area contributed by atoms with E-state index in [9.17, 15) is 32.0 Å². The van der Waals surface area contributed by atoms with Crippen LogP contribution in [0.15, 0.2) is 133 Å². The number of sulfone groups is 1. The summed E-state index contributed by atoms with van der Waals surface area (Å²) >= 11 is 0. The molecule has 0 bridgehead atoms. The van der Waals surface area contributed by atoms with Gasteiger partial charge in [-0.25, -0.2) is 12.8 Å². The van der Waals surface area contributed by atoms with Gasteiger partial charge in [-0.3, -0.25) is 19.2 Å². The highest BCUT2D eigenvalue weighted by Gasteiger charge is 2.48. The van der Waals surface area contributed by atoms with Crippen molar-refractivity contribution in [2.75, 3.05) is 16.9 Å². The lowest BCUT2D eigenvalue weighted by atomic mass is 9.78. The van der Waals surface area contributed by atoms with Crippen LogP contribution < -0.4 is 4.90 Å². The first-order valence-corrected chi connectivity index (χ1v) is 23.4. The van der Waals surface area contributed by atoms with Gasteiger partial charge < -0.3 is 19.1 Å². The van der Waals surface area contributed by atoms with Crippen LogP contribution in [0.4, 0.5) is 10.1 Å². The van der Waals surface area contributed by atoms with Crippen molar-refractivity contribution >= 4 is 39.3 Å². The molecule has 12 heteroatoms. The minimum Gasteiger partial charge on any atom is -0.460 e. The zero-order valence-corrected chi connectivity index (χ0v) is 37.1. The molecular formula is C53H50FNO9S. The Morgan fingerprint density at radius 2 is 1.28 bits per heavy atom. The van der Waals surface area contributed by atoms with Gasteiger partial charge in [0, 0.05) is 48.6 Å². The number of hydrogen-bond donors (Lipinski definition) is 0. The Bertz CT molecular complexity index is 2590.